The van der Waals surface area contributed by atoms with E-state index in [9.17, 15) is 5.11 Å². The predicted molar refractivity (Wildman–Crippen MR) is 72.0 cm³/mol. The van der Waals surface area contributed by atoms with Gasteiger partial charge in [-0.3, -0.25) is 0 Å². The Morgan fingerprint density at radius 2 is 1.53 bits per heavy atom. The van der Waals surface area contributed by atoms with Crippen LogP contribution in [0.25, 0.3) is 0 Å². The van der Waals surface area contributed by atoms with Crippen LogP contribution in [0.5, 0.6) is 23.0 Å². The van der Waals surface area contributed by atoms with Gasteiger partial charge in [0.25, 0.3) is 0 Å². The van der Waals surface area contributed by atoms with E-state index in [1.165, 1.54) is 26.4 Å². The largest absolute Gasteiger partial charge is 0.508 e. The van der Waals surface area contributed by atoms with Crippen LogP contribution in [0.2, 0.25) is 0 Å². The summed E-state index contributed by atoms with van der Waals surface area (Å²) in [7, 11) is 3.03. The second-order valence-electron chi connectivity index (χ2n) is 3.95. The SMILES string of the molecule is COc1cc(O)cc(OC)c1OCc1ccccc1. The summed E-state index contributed by atoms with van der Waals surface area (Å²) < 4.78 is 16.1. The van der Waals surface area contributed by atoms with Crippen LogP contribution in [-0.4, -0.2) is 19.3 Å². The molecular formula is C15H16O4. The molecule has 0 fully saturated rings. The third-order valence-electron chi connectivity index (χ3n) is 2.67. The maximum Gasteiger partial charge on any atom is 0.204 e. The first-order valence-electron chi connectivity index (χ1n) is 5.86. The third-order valence-corrected chi connectivity index (χ3v) is 2.67. The van der Waals surface area contributed by atoms with Crippen molar-refractivity contribution in [2.24, 2.45) is 0 Å². The summed E-state index contributed by atoms with van der Waals surface area (Å²) in [5.41, 5.74) is 1.04. The number of benzene rings is 2. The van der Waals surface area contributed by atoms with E-state index in [0.717, 1.165) is 5.56 Å². The number of phenols is 1. The van der Waals surface area contributed by atoms with Crippen LogP contribution in [0, 0.1) is 0 Å². The molecule has 0 saturated carbocycles. The lowest BCUT2D eigenvalue weighted by Crippen LogP contribution is -2.00. The molecule has 2 aromatic rings. The third kappa shape index (κ3) is 3.10. The maximum absolute atomic E-state index is 9.55. The Morgan fingerprint density at radius 1 is 0.947 bits per heavy atom. The summed E-state index contributed by atoms with van der Waals surface area (Å²) in [5.74, 6) is 1.42. The highest BCUT2D eigenvalue weighted by atomic mass is 16.5. The van der Waals surface area contributed by atoms with Crippen molar-refractivity contribution in [3.63, 3.8) is 0 Å². The predicted octanol–water partition coefficient (Wildman–Crippen LogP) is 2.99. The molecule has 0 aliphatic heterocycles. The molecule has 0 spiro atoms. The summed E-state index contributed by atoms with van der Waals surface area (Å²) in [6.07, 6.45) is 0. The van der Waals surface area contributed by atoms with E-state index in [-0.39, 0.29) is 5.75 Å². The van der Waals surface area contributed by atoms with Gasteiger partial charge in [-0.1, -0.05) is 30.3 Å². The average Bonchev–Trinajstić information content (AvgIpc) is 2.46. The lowest BCUT2D eigenvalue weighted by atomic mass is 10.2. The molecule has 0 aliphatic carbocycles. The quantitative estimate of drug-likeness (QED) is 0.897. The highest BCUT2D eigenvalue weighted by Gasteiger charge is 2.14. The summed E-state index contributed by atoms with van der Waals surface area (Å²) in [5, 5.41) is 9.55. The Bertz CT molecular complexity index is 512. The van der Waals surface area contributed by atoms with Crippen molar-refractivity contribution in [1.29, 1.82) is 0 Å². The fraction of sp³-hybridized carbons (Fsp3) is 0.200. The molecule has 19 heavy (non-hydrogen) atoms. The Labute approximate surface area is 112 Å². The Kier molecular flexibility index (Phi) is 4.13. The Morgan fingerprint density at radius 3 is 2.05 bits per heavy atom. The first-order chi connectivity index (χ1) is 9.24. The first kappa shape index (κ1) is 13.1. The molecule has 0 radical (unpaired) electrons. The summed E-state index contributed by atoms with van der Waals surface area (Å²) in [4.78, 5) is 0. The molecule has 0 unspecified atom stereocenters. The molecule has 2 rings (SSSR count). The molecule has 2 aromatic carbocycles. The highest BCUT2D eigenvalue weighted by molar-refractivity contribution is 5.55. The van der Waals surface area contributed by atoms with Gasteiger partial charge in [-0.05, 0) is 5.56 Å². The molecule has 100 valence electrons. The molecule has 0 amide bonds. The summed E-state index contributed by atoms with van der Waals surface area (Å²) in [6, 6.07) is 12.8. The zero-order valence-corrected chi connectivity index (χ0v) is 10.9. The minimum absolute atomic E-state index is 0.0701. The van der Waals surface area contributed by atoms with Crippen LogP contribution in [0.3, 0.4) is 0 Å². The van der Waals surface area contributed by atoms with Gasteiger partial charge in [0, 0.05) is 12.1 Å². The first-order valence-corrected chi connectivity index (χ1v) is 5.86. The number of hydrogen-bond donors (Lipinski definition) is 1. The highest BCUT2D eigenvalue weighted by Crippen LogP contribution is 2.41. The molecular weight excluding hydrogens is 244 g/mol. The van der Waals surface area contributed by atoms with E-state index in [1.54, 1.807) is 0 Å². The average molecular weight is 260 g/mol. The molecule has 0 aromatic heterocycles. The van der Waals surface area contributed by atoms with Crippen molar-refractivity contribution < 1.29 is 19.3 Å². The van der Waals surface area contributed by atoms with Gasteiger partial charge in [-0.15, -0.1) is 0 Å². The molecule has 0 atom stereocenters. The van der Waals surface area contributed by atoms with Gasteiger partial charge in [0.05, 0.1) is 14.2 Å². The van der Waals surface area contributed by atoms with Crippen LogP contribution in [0.15, 0.2) is 42.5 Å². The van der Waals surface area contributed by atoms with Gasteiger partial charge in [-0.25, -0.2) is 0 Å². The number of rotatable bonds is 5. The van der Waals surface area contributed by atoms with Crippen LogP contribution >= 0.6 is 0 Å². The fourth-order valence-corrected chi connectivity index (χ4v) is 1.74. The van der Waals surface area contributed by atoms with Gasteiger partial charge in [0.15, 0.2) is 11.5 Å². The van der Waals surface area contributed by atoms with E-state index in [1.807, 2.05) is 30.3 Å². The number of hydrogen-bond acceptors (Lipinski definition) is 4. The van der Waals surface area contributed by atoms with Gasteiger partial charge < -0.3 is 19.3 Å². The van der Waals surface area contributed by atoms with E-state index in [2.05, 4.69) is 0 Å². The number of aromatic hydroxyl groups is 1. The zero-order valence-electron chi connectivity index (χ0n) is 10.9. The Hall–Kier alpha value is -2.36. The minimum Gasteiger partial charge on any atom is -0.508 e. The minimum atomic E-state index is 0.0701. The van der Waals surface area contributed by atoms with Crippen molar-refractivity contribution in [2.75, 3.05) is 14.2 Å². The second kappa shape index (κ2) is 6.00. The Balaban J connectivity index is 2.23. The normalized spacial score (nSPS) is 10.0. The second-order valence-corrected chi connectivity index (χ2v) is 3.95. The van der Waals surface area contributed by atoms with E-state index >= 15 is 0 Å². The molecule has 1 N–H and O–H groups in total. The summed E-state index contributed by atoms with van der Waals surface area (Å²) in [6.45, 7) is 0.401. The number of ether oxygens (including phenoxy) is 3. The standard InChI is InChI=1S/C15H16O4/c1-17-13-8-12(16)9-14(18-2)15(13)19-10-11-6-4-3-5-7-11/h3-9,16H,10H2,1-2H3. The lowest BCUT2D eigenvalue weighted by Gasteiger charge is -2.14. The van der Waals surface area contributed by atoms with E-state index in [0.29, 0.717) is 23.9 Å². The molecule has 0 bridgehead atoms. The summed E-state index contributed by atoms with van der Waals surface area (Å²) >= 11 is 0. The van der Waals surface area contributed by atoms with Crippen LogP contribution in [-0.2, 0) is 6.61 Å². The molecule has 0 saturated heterocycles. The zero-order chi connectivity index (χ0) is 13.7. The number of phenolic OH excluding ortho intramolecular Hbond substituents is 1. The van der Waals surface area contributed by atoms with Crippen LogP contribution < -0.4 is 14.2 Å². The topological polar surface area (TPSA) is 47.9 Å². The van der Waals surface area contributed by atoms with Crippen molar-refractivity contribution in [3.8, 4) is 23.0 Å². The fourth-order valence-electron chi connectivity index (χ4n) is 1.74. The monoisotopic (exact) mass is 260 g/mol. The number of methoxy groups -OCH3 is 2. The van der Waals surface area contributed by atoms with Crippen LogP contribution in [0.4, 0.5) is 0 Å². The van der Waals surface area contributed by atoms with Crippen molar-refractivity contribution in [3.05, 3.63) is 48.0 Å². The molecule has 4 nitrogen and oxygen atoms in total. The van der Waals surface area contributed by atoms with Gasteiger partial charge in [-0.2, -0.15) is 0 Å². The van der Waals surface area contributed by atoms with Crippen molar-refractivity contribution >= 4 is 0 Å². The van der Waals surface area contributed by atoms with Crippen molar-refractivity contribution in [1.82, 2.24) is 0 Å². The van der Waals surface area contributed by atoms with E-state index in [4.69, 9.17) is 14.2 Å². The van der Waals surface area contributed by atoms with Gasteiger partial charge in [0.2, 0.25) is 5.75 Å². The van der Waals surface area contributed by atoms with E-state index < -0.39 is 0 Å². The van der Waals surface area contributed by atoms with Gasteiger partial charge >= 0.3 is 0 Å². The van der Waals surface area contributed by atoms with Crippen molar-refractivity contribution in [2.45, 2.75) is 6.61 Å². The molecule has 4 heteroatoms. The maximum atomic E-state index is 9.55. The molecule has 0 heterocycles. The molecule has 0 aliphatic rings. The lowest BCUT2D eigenvalue weighted by molar-refractivity contribution is 0.264. The van der Waals surface area contributed by atoms with Crippen LogP contribution in [0.1, 0.15) is 5.56 Å². The van der Waals surface area contributed by atoms with Gasteiger partial charge in [0.1, 0.15) is 12.4 Å². The smallest absolute Gasteiger partial charge is 0.204 e.